The van der Waals surface area contributed by atoms with Crippen LogP contribution in [-0.2, 0) is 25.7 Å². The van der Waals surface area contributed by atoms with E-state index in [-0.39, 0.29) is 36.8 Å². The summed E-state index contributed by atoms with van der Waals surface area (Å²) < 4.78 is 10.0. The second-order valence-electron chi connectivity index (χ2n) is 5.61. The number of imide groups is 1. The van der Waals surface area contributed by atoms with Crippen molar-refractivity contribution < 1.29 is 28.3 Å². The lowest BCUT2D eigenvalue weighted by Gasteiger charge is -2.14. The summed E-state index contributed by atoms with van der Waals surface area (Å²) in [5, 5.41) is 2.55. The van der Waals surface area contributed by atoms with E-state index in [4.69, 9.17) is 9.15 Å². The zero-order chi connectivity index (χ0) is 18.5. The van der Waals surface area contributed by atoms with Gasteiger partial charge >= 0.3 is 5.97 Å². The number of rotatable bonds is 6. The number of furan rings is 1. The molecule has 3 rings (SSSR count). The lowest BCUT2D eigenvalue weighted by Crippen LogP contribution is -2.29. The first-order chi connectivity index (χ1) is 12.5. The average molecular weight is 356 g/mol. The monoisotopic (exact) mass is 356 g/mol. The van der Waals surface area contributed by atoms with E-state index in [1.165, 1.54) is 18.4 Å². The minimum atomic E-state index is -0.723. The molecule has 1 N–H and O–H groups in total. The highest BCUT2D eigenvalue weighted by Gasteiger charge is 2.30. The highest BCUT2D eigenvalue weighted by Crippen LogP contribution is 2.23. The summed E-state index contributed by atoms with van der Waals surface area (Å²) in [7, 11) is 0. The van der Waals surface area contributed by atoms with Gasteiger partial charge in [-0.05, 0) is 30.3 Å². The Hall–Kier alpha value is -3.42. The van der Waals surface area contributed by atoms with E-state index in [1.54, 1.807) is 24.3 Å². The largest absolute Gasteiger partial charge is 0.467 e. The molecule has 134 valence electrons. The minimum absolute atomic E-state index is 0.147. The van der Waals surface area contributed by atoms with Crippen LogP contribution >= 0.6 is 0 Å². The molecule has 2 aromatic rings. The van der Waals surface area contributed by atoms with Crippen molar-refractivity contribution in [1.82, 2.24) is 5.32 Å². The molecule has 0 bridgehead atoms. The Morgan fingerprint density at radius 3 is 2.58 bits per heavy atom. The Morgan fingerprint density at radius 1 is 1.12 bits per heavy atom. The smallest absolute Gasteiger partial charge is 0.338 e. The Bertz CT molecular complexity index is 827. The van der Waals surface area contributed by atoms with Crippen molar-refractivity contribution in [3.63, 3.8) is 0 Å². The molecule has 0 atom stereocenters. The Morgan fingerprint density at radius 2 is 1.88 bits per heavy atom. The van der Waals surface area contributed by atoms with Crippen molar-refractivity contribution in [3.05, 3.63) is 54.0 Å². The van der Waals surface area contributed by atoms with Gasteiger partial charge in [0.05, 0.1) is 24.1 Å². The SMILES string of the molecule is O=C(COC(=O)c1cccc(N2C(=O)CCC2=O)c1)NCc1ccco1. The third kappa shape index (κ3) is 3.97. The topological polar surface area (TPSA) is 106 Å². The van der Waals surface area contributed by atoms with Crippen molar-refractivity contribution in [1.29, 1.82) is 0 Å². The molecular weight excluding hydrogens is 340 g/mol. The fraction of sp³-hybridized carbons (Fsp3) is 0.222. The quantitative estimate of drug-likeness (QED) is 0.620. The van der Waals surface area contributed by atoms with Crippen LogP contribution in [0, 0.1) is 0 Å². The van der Waals surface area contributed by atoms with Crippen LogP contribution in [0.1, 0.15) is 29.0 Å². The van der Waals surface area contributed by atoms with Gasteiger partial charge in [-0.1, -0.05) is 6.07 Å². The van der Waals surface area contributed by atoms with Crippen molar-refractivity contribution in [2.75, 3.05) is 11.5 Å². The summed E-state index contributed by atoms with van der Waals surface area (Å²) in [4.78, 5) is 48.4. The van der Waals surface area contributed by atoms with E-state index in [9.17, 15) is 19.2 Å². The van der Waals surface area contributed by atoms with Gasteiger partial charge in [0, 0.05) is 12.8 Å². The van der Waals surface area contributed by atoms with Crippen LogP contribution in [0.15, 0.2) is 47.1 Å². The third-order valence-corrected chi connectivity index (χ3v) is 3.77. The standard InChI is InChI=1S/C18H16N2O6/c21-15(19-10-14-5-2-8-25-14)11-26-18(24)12-3-1-4-13(9-12)20-16(22)6-7-17(20)23/h1-5,8-9H,6-7,10-11H2,(H,19,21). The van der Waals surface area contributed by atoms with Gasteiger partial charge in [-0.15, -0.1) is 0 Å². The van der Waals surface area contributed by atoms with Gasteiger partial charge in [0.2, 0.25) is 11.8 Å². The maximum absolute atomic E-state index is 12.1. The minimum Gasteiger partial charge on any atom is -0.467 e. The first-order valence-corrected chi connectivity index (χ1v) is 7.96. The molecule has 0 saturated carbocycles. The van der Waals surface area contributed by atoms with E-state index >= 15 is 0 Å². The van der Waals surface area contributed by atoms with E-state index < -0.39 is 18.5 Å². The molecule has 26 heavy (non-hydrogen) atoms. The molecule has 0 spiro atoms. The van der Waals surface area contributed by atoms with Crippen LogP contribution in [-0.4, -0.2) is 30.3 Å². The molecule has 3 amide bonds. The zero-order valence-electron chi connectivity index (χ0n) is 13.8. The summed E-state index contributed by atoms with van der Waals surface area (Å²) in [6.45, 7) is -0.261. The van der Waals surface area contributed by atoms with Gasteiger partial charge in [0.1, 0.15) is 5.76 Å². The van der Waals surface area contributed by atoms with Crippen molar-refractivity contribution in [3.8, 4) is 0 Å². The number of benzene rings is 1. The maximum Gasteiger partial charge on any atom is 0.338 e. The van der Waals surface area contributed by atoms with Gasteiger partial charge in [-0.3, -0.25) is 19.3 Å². The predicted octanol–water partition coefficient (Wildman–Crippen LogP) is 1.41. The van der Waals surface area contributed by atoms with Crippen LogP contribution in [0.2, 0.25) is 0 Å². The van der Waals surface area contributed by atoms with Crippen molar-refractivity contribution in [2.24, 2.45) is 0 Å². The maximum atomic E-state index is 12.1. The van der Waals surface area contributed by atoms with Crippen molar-refractivity contribution >= 4 is 29.4 Å². The van der Waals surface area contributed by atoms with Gasteiger partial charge in [0.15, 0.2) is 6.61 Å². The summed E-state index contributed by atoms with van der Waals surface area (Å²) in [6, 6.07) is 9.39. The summed E-state index contributed by atoms with van der Waals surface area (Å²) in [6.07, 6.45) is 1.80. The van der Waals surface area contributed by atoms with E-state index in [2.05, 4.69) is 5.32 Å². The second kappa shape index (κ2) is 7.64. The molecule has 1 aromatic heterocycles. The molecule has 1 aromatic carbocycles. The predicted molar refractivity (Wildman–Crippen MR) is 89.0 cm³/mol. The Labute approximate surface area is 148 Å². The molecule has 8 nitrogen and oxygen atoms in total. The summed E-state index contributed by atoms with van der Waals surface area (Å²) in [5.41, 5.74) is 0.461. The number of nitrogens with one attached hydrogen (secondary N) is 1. The summed E-state index contributed by atoms with van der Waals surface area (Å²) in [5.74, 6) is -1.23. The number of hydrogen-bond acceptors (Lipinski definition) is 6. The van der Waals surface area contributed by atoms with Gasteiger partial charge < -0.3 is 14.5 Å². The number of nitrogens with zero attached hydrogens (tertiary/aromatic N) is 1. The van der Waals surface area contributed by atoms with Crippen LogP contribution in [0.4, 0.5) is 5.69 Å². The molecule has 0 radical (unpaired) electrons. The number of carbonyl (C=O) groups is 4. The normalized spacial score (nSPS) is 13.8. The molecule has 8 heteroatoms. The van der Waals surface area contributed by atoms with Crippen LogP contribution < -0.4 is 10.2 Å². The highest BCUT2D eigenvalue weighted by molar-refractivity contribution is 6.20. The molecule has 0 unspecified atom stereocenters. The van der Waals surface area contributed by atoms with Gasteiger partial charge in [-0.25, -0.2) is 4.79 Å². The van der Waals surface area contributed by atoms with Gasteiger partial charge in [-0.2, -0.15) is 0 Å². The number of anilines is 1. The lowest BCUT2D eigenvalue weighted by molar-refractivity contribution is -0.124. The third-order valence-electron chi connectivity index (χ3n) is 3.77. The molecule has 2 heterocycles. The molecular formula is C18H16N2O6. The molecule has 1 saturated heterocycles. The molecule has 1 aliphatic rings. The van der Waals surface area contributed by atoms with Crippen LogP contribution in [0.3, 0.4) is 0 Å². The van der Waals surface area contributed by atoms with Gasteiger partial charge in [0.25, 0.3) is 5.91 Å². The fourth-order valence-corrected chi connectivity index (χ4v) is 2.50. The van der Waals surface area contributed by atoms with E-state index in [0.717, 1.165) is 4.90 Å². The highest BCUT2D eigenvalue weighted by atomic mass is 16.5. The van der Waals surface area contributed by atoms with E-state index in [0.29, 0.717) is 11.4 Å². The lowest BCUT2D eigenvalue weighted by atomic mass is 10.2. The number of esters is 1. The number of amides is 3. The molecule has 0 aliphatic carbocycles. The van der Waals surface area contributed by atoms with Crippen molar-refractivity contribution in [2.45, 2.75) is 19.4 Å². The first kappa shape index (κ1) is 17.4. The second-order valence-corrected chi connectivity index (χ2v) is 5.61. The molecule has 1 aliphatic heterocycles. The van der Waals surface area contributed by atoms with Crippen LogP contribution in [0.25, 0.3) is 0 Å². The molecule has 1 fully saturated rings. The first-order valence-electron chi connectivity index (χ1n) is 7.96. The average Bonchev–Trinajstić information content (AvgIpc) is 3.27. The number of ether oxygens (including phenoxy) is 1. The summed E-state index contributed by atoms with van der Waals surface area (Å²) >= 11 is 0. The van der Waals surface area contributed by atoms with E-state index in [1.807, 2.05) is 0 Å². The van der Waals surface area contributed by atoms with Crippen LogP contribution in [0.5, 0.6) is 0 Å². The Balaban J connectivity index is 1.56. The Kier molecular flexibility index (Phi) is 5.12. The number of carbonyl (C=O) groups excluding carboxylic acids is 4. The zero-order valence-corrected chi connectivity index (χ0v) is 13.8. The fourth-order valence-electron chi connectivity index (χ4n) is 2.50. The number of hydrogen-bond donors (Lipinski definition) is 1.